The van der Waals surface area contributed by atoms with Crippen LogP contribution in [0.25, 0.3) is 0 Å². The molecule has 0 atom stereocenters. The summed E-state index contributed by atoms with van der Waals surface area (Å²) in [5, 5.41) is 0. The molecule has 0 aliphatic carbocycles. The molecule has 2 amide bonds. The van der Waals surface area contributed by atoms with E-state index in [4.69, 9.17) is 9.47 Å². The SMILES string of the molecule is COc1cc(C)ccc1OCC(=O)NNC(=O)c1ccc(S(=O)(=O)N2CCCC2)cc1. The first-order chi connectivity index (χ1) is 14.8. The monoisotopic (exact) mass is 447 g/mol. The molecule has 166 valence electrons. The standard InChI is InChI=1S/C21H25N3O6S/c1-15-5-10-18(19(13-15)29-2)30-14-20(25)22-23-21(26)16-6-8-17(9-7-16)31(27,28)24-11-3-4-12-24/h5-10,13H,3-4,11-12,14H2,1-2H3,(H,22,25)(H,23,26). The normalized spacial score (nSPS) is 14.1. The maximum atomic E-state index is 12.5. The van der Waals surface area contributed by atoms with Crippen molar-refractivity contribution in [2.45, 2.75) is 24.7 Å². The number of hydrazine groups is 1. The summed E-state index contributed by atoms with van der Waals surface area (Å²) in [6, 6.07) is 10.9. The Balaban J connectivity index is 1.52. The van der Waals surface area contributed by atoms with E-state index < -0.39 is 21.8 Å². The van der Waals surface area contributed by atoms with Crippen molar-refractivity contribution in [1.82, 2.24) is 15.2 Å². The molecule has 2 aromatic carbocycles. The number of rotatable bonds is 7. The number of nitrogens with one attached hydrogen (secondary N) is 2. The molecule has 2 N–H and O–H groups in total. The third kappa shape index (κ3) is 5.53. The maximum Gasteiger partial charge on any atom is 0.276 e. The number of carbonyl (C=O) groups excluding carboxylic acids is 2. The Labute approximate surface area is 181 Å². The Kier molecular flexibility index (Phi) is 7.13. The van der Waals surface area contributed by atoms with Crippen molar-refractivity contribution in [2.24, 2.45) is 0 Å². The smallest absolute Gasteiger partial charge is 0.276 e. The molecule has 2 aromatic rings. The van der Waals surface area contributed by atoms with Gasteiger partial charge < -0.3 is 9.47 Å². The van der Waals surface area contributed by atoms with E-state index in [0.29, 0.717) is 24.6 Å². The number of benzene rings is 2. The molecule has 0 radical (unpaired) electrons. The first kappa shape index (κ1) is 22.6. The molecule has 1 aliphatic rings. The van der Waals surface area contributed by atoms with E-state index in [1.165, 1.54) is 35.7 Å². The lowest BCUT2D eigenvalue weighted by Crippen LogP contribution is -2.43. The van der Waals surface area contributed by atoms with Crippen LogP contribution in [0.5, 0.6) is 11.5 Å². The highest BCUT2D eigenvalue weighted by atomic mass is 32.2. The van der Waals surface area contributed by atoms with E-state index in [1.54, 1.807) is 12.1 Å². The molecule has 3 rings (SSSR count). The maximum absolute atomic E-state index is 12.5. The number of sulfonamides is 1. The van der Waals surface area contributed by atoms with Crippen LogP contribution in [0.4, 0.5) is 0 Å². The predicted octanol–water partition coefficient (Wildman–Crippen LogP) is 1.63. The van der Waals surface area contributed by atoms with Gasteiger partial charge in [-0.25, -0.2) is 8.42 Å². The highest BCUT2D eigenvalue weighted by Crippen LogP contribution is 2.27. The minimum atomic E-state index is -3.54. The Morgan fingerprint density at radius 2 is 1.68 bits per heavy atom. The van der Waals surface area contributed by atoms with Gasteiger partial charge in [-0.3, -0.25) is 20.4 Å². The third-order valence-corrected chi connectivity index (χ3v) is 6.73. The van der Waals surface area contributed by atoms with Crippen molar-refractivity contribution in [3.63, 3.8) is 0 Å². The highest BCUT2D eigenvalue weighted by molar-refractivity contribution is 7.89. The van der Waals surface area contributed by atoms with Crippen LogP contribution in [0.3, 0.4) is 0 Å². The van der Waals surface area contributed by atoms with E-state index in [9.17, 15) is 18.0 Å². The summed E-state index contributed by atoms with van der Waals surface area (Å²) in [5.74, 6) is -0.235. The second-order valence-corrected chi connectivity index (χ2v) is 9.02. The van der Waals surface area contributed by atoms with Gasteiger partial charge in [0.25, 0.3) is 11.8 Å². The molecular formula is C21H25N3O6S. The van der Waals surface area contributed by atoms with E-state index in [1.807, 2.05) is 13.0 Å². The fourth-order valence-corrected chi connectivity index (χ4v) is 4.64. The predicted molar refractivity (Wildman–Crippen MR) is 113 cm³/mol. The zero-order chi connectivity index (χ0) is 22.4. The molecule has 9 nitrogen and oxygen atoms in total. The van der Waals surface area contributed by atoms with Gasteiger partial charge in [0.2, 0.25) is 10.0 Å². The van der Waals surface area contributed by atoms with Crippen LogP contribution in [0.1, 0.15) is 28.8 Å². The van der Waals surface area contributed by atoms with Crippen LogP contribution < -0.4 is 20.3 Å². The fourth-order valence-electron chi connectivity index (χ4n) is 3.13. The minimum Gasteiger partial charge on any atom is -0.493 e. The van der Waals surface area contributed by atoms with Crippen LogP contribution in [-0.4, -0.2) is 51.3 Å². The summed E-state index contributed by atoms with van der Waals surface area (Å²) in [5.41, 5.74) is 5.73. The lowest BCUT2D eigenvalue weighted by atomic mass is 10.2. The highest BCUT2D eigenvalue weighted by Gasteiger charge is 2.27. The van der Waals surface area contributed by atoms with Crippen molar-refractivity contribution in [1.29, 1.82) is 0 Å². The van der Waals surface area contributed by atoms with E-state index in [-0.39, 0.29) is 17.1 Å². The second kappa shape index (κ2) is 9.80. The molecule has 0 spiro atoms. The number of amides is 2. The molecule has 1 aliphatic heterocycles. The summed E-state index contributed by atoms with van der Waals surface area (Å²) in [4.78, 5) is 24.3. The lowest BCUT2D eigenvalue weighted by molar-refractivity contribution is -0.123. The molecule has 1 heterocycles. The molecular weight excluding hydrogens is 422 g/mol. The molecule has 0 saturated carbocycles. The topological polar surface area (TPSA) is 114 Å². The van der Waals surface area contributed by atoms with Crippen LogP contribution in [-0.2, 0) is 14.8 Å². The molecule has 1 saturated heterocycles. The number of hydrogen-bond acceptors (Lipinski definition) is 6. The number of ether oxygens (including phenoxy) is 2. The van der Waals surface area contributed by atoms with Crippen molar-refractivity contribution in [3.05, 3.63) is 53.6 Å². The molecule has 0 aromatic heterocycles. The van der Waals surface area contributed by atoms with Crippen LogP contribution in [0.2, 0.25) is 0 Å². The van der Waals surface area contributed by atoms with Crippen molar-refractivity contribution in [3.8, 4) is 11.5 Å². The number of aryl methyl sites for hydroxylation is 1. The molecule has 0 unspecified atom stereocenters. The summed E-state index contributed by atoms with van der Waals surface area (Å²) in [6.07, 6.45) is 1.69. The Bertz CT molecular complexity index is 1050. The average molecular weight is 448 g/mol. The molecule has 31 heavy (non-hydrogen) atoms. The van der Waals surface area contributed by atoms with Gasteiger partial charge in [-0.15, -0.1) is 0 Å². The first-order valence-corrected chi connectivity index (χ1v) is 11.2. The van der Waals surface area contributed by atoms with E-state index in [0.717, 1.165) is 18.4 Å². The fraction of sp³-hybridized carbons (Fsp3) is 0.333. The lowest BCUT2D eigenvalue weighted by Gasteiger charge is -2.15. The average Bonchev–Trinajstić information content (AvgIpc) is 3.32. The van der Waals surface area contributed by atoms with Gasteiger partial charge in [-0.1, -0.05) is 6.07 Å². The van der Waals surface area contributed by atoms with Gasteiger partial charge in [0.15, 0.2) is 18.1 Å². The number of hydrogen-bond donors (Lipinski definition) is 2. The summed E-state index contributed by atoms with van der Waals surface area (Å²) in [7, 11) is -2.04. The minimum absolute atomic E-state index is 0.135. The van der Waals surface area contributed by atoms with Gasteiger partial charge in [-0.05, 0) is 61.7 Å². The second-order valence-electron chi connectivity index (χ2n) is 7.08. The Hall–Kier alpha value is -3.11. The summed E-state index contributed by atoms with van der Waals surface area (Å²) in [6.45, 7) is 2.59. The van der Waals surface area contributed by atoms with Gasteiger partial charge in [0.1, 0.15) is 0 Å². The Morgan fingerprint density at radius 1 is 1.00 bits per heavy atom. The van der Waals surface area contributed by atoms with Gasteiger partial charge in [0.05, 0.1) is 12.0 Å². The van der Waals surface area contributed by atoms with Crippen molar-refractivity contribution in [2.75, 3.05) is 26.8 Å². The van der Waals surface area contributed by atoms with Crippen LogP contribution in [0.15, 0.2) is 47.4 Å². The number of nitrogens with zero attached hydrogens (tertiary/aromatic N) is 1. The Morgan fingerprint density at radius 3 is 2.32 bits per heavy atom. The number of carbonyl (C=O) groups is 2. The summed E-state index contributed by atoms with van der Waals surface area (Å²) >= 11 is 0. The third-order valence-electron chi connectivity index (χ3n) is 4.81. The van der Waals surface area contributed by atoms with Gasteiger partial charge >= 0.3 is 0 Å². The largest absolute Gasteiger partial charge is 0.493 e. The summed E-state index contributed by atoms with van der Waals surface area (Å²) < 4.78 is 37.1. The molecule has 10 heteroatoms. The van der Waals surface area contributed by atoms with Crippen LogP contribution >= 0.6 is 0 Å². The van der Waals surface area contributed by atoms with E-state index >= 15 is 0 Å². The number of methoxy groups -OCH3 is 1. The quantitative estimate of drug-likeness (QED) is 0.624. The zero-order valence-corrected chi connectivity index (χ0v) is 18.2. The van der Waals surface area contributed by atoms with Gasteiger partial charge in [-0.2, -0.15) is 4.31 Å². The van der Waals surface area contributed by atoms with Crippen molar-refractivity contribution >= 4 is 21.8 Å². The molecule has 1 fully saturated rings. The molecule has 0 bridgehead atoms. The van der Waals surface area contributed by atoms with Crippen molar-refractivity contribution < 1.29 is 27.5 Å². The first-order valence-electron chi connectivity index (χ1n) is 9.78. The van der Waals surface area contributed by atoms with Gasteiger partial charge in [0, 0.05) is 18.7 Å². The van der Waals surface area contributed by atoms with E-state index in [2.05, 4.69) is 10.9 Å². The zero-order valence-electron chi connectivity index (χ0n) is 17.4. The van der Waals surface area contributed by atoms with Crippen LogP contribution in [0, 0.1) is 6.92 Å².